The summed E-state index contributed by atoms with van der Waals surface area (Å²) in [6, 6.07) is 13.0. The molecule has 2 aromatic rings. The van der Waals surface area contributed by atoms with E-state index in [1.807, 2.05) is 37.3 Å². The smallest absolute Gasteiger partial charge is 0.257 e. The highest BCUT2D eigenvalue weighted by molar-refractivity contribution is 6.25. The molecule has 5 nitrogen and oxygen atoms in total. The van der Waals surface area contributed by atoms with Gasteiger partial charge < -0.3 is 10.2 Å². The number of nitrogens with one attached hydrogen (secondary N) is 1. The number of Topliss-reactive ketones (excluding diaryl/α,β-unsaturated/α-hetero) is 1. The summed E-state index contributed by atoms with van der Waals surface area (Å²) in [4.78, 5) is 32.5. The fraction of sp³-hybridized carbons (Fsp3) is 0.320. The first-order chi connectivity index (χ1) is 14.5. The van der Waals surface area contributed by atoms with Crippen LogP contribution in [0.2, 0.25) is 0 Å². The molecule has 0 spiro atoms. The number of hydrogen-bond donors (Lipinski definition) is 1. The van der Waals surface area contributed by atoms with E-state index in [9.17, 15) is 9.59 Å². The van der Waals surface area contributed by atoms with E-state index in [0.717, 1.165) is 37.1 Å². The van der Waals surface area contributed by atoms with Gasteiger partial charge in [0.05, 0.1) is 0 Å². The average Bonchev–Trinajstić information content (AvgIpc) is 2.76. The first kappa shape index (κ1) is 21.7. The van der Waals surface area contributed by atoms with Crippen molar-refractivity contribution in [3.8, 4) is 0 Å². The highest BCUT2D eigenvalue weighted by Crippen LogP contribution is 2.23. The second kappa shape index (κ2) is 10.1. The third-order valence-corrected chi connectivity index (χ3v) is 5.54. The van der Waals surface area contributed by atoms with Crippen LogP contribution in [0.3, 0.4) is 0 Å². The van der Waals surface area contributed by atoms with Gasteiger partial charge >= 0.3 is 0 Å². The molecule has 1 aromatic carbocycles. The Kier molecular flexibility index (Phi) is 7.31. The van der Waals surface area contributed by atoms with Gasteiger partial charge in [0.1, 0.15) is 11.5 Å². The highest BCUT2D eigenvalue weighted by Gasteiger charge is 2.25. The zero-order chi connectivity index (χ0) is 21.5. The SMILES string of the molecule is C=CCc1ccccc1/C(=C\C)C(=O)Nc1cccc(C(=O)C2CCN(C)CC2)n1. The van der Waals surface area contributed by atoms with Crippen LogP contribution in [-0.4, -0.2) is 41.7 Å². The Hall–Kier alpha value is -3.05. The van der Waals surface area contributed by atoms with Crippen molar-refractivity contribution in [1.82, 2.24) is 9.88 Å². The average molecular weight is 404 g/mol. The van der Waals surface area contributed by atoms with Crippen molar-refractivity contribution < 1.29 is 9.59 Å². The number of rotatable bonds is 7. The number of likely N-dealkylation sites (tertiary alicyclic amines) is 1. The fourth-order valence-corrected chi connectivity index (χ4v) is 3.83. The summed E-state index contributed by atoms with van der Waals surface area (Å²) in [5, 5.41) is 2.86. The summed E-state index contributed by atoms with van der Waals surface area (Å²) in [6.45, 7) is 7.48. The summed E-state index contributed by atoms with van der Waals surface area (Å²) in [6.07, 6.45) is 5.99. The molecule has 30 heavy (non-hydrogen) atoms. The van der Waals surface area contributed by atoms with Crippen LogP contribution < -0.4 is 5.32 Å². The van der Waals surface area contributed by atoms with Crippen molar-refractivity contribution in [3.63, 3.8) is 0 Å². The molecule has 1 saturated heterocycles. The molecule has 1 aliphatic heterocycles. The summed E-state index contributed by atoms with van der Waals surface area (Å²) in [7, 11) is 2.07. The van der Waals surface area contributed by atoms with Crippen molar-refractivity contribution in [2.24, 2.45) is 5.92 Å². The first-order valence-electron chi connectivity index (χ1n) is 10.4. The number of aromatic nitrogens is 1. The molecule has 1 fully saturated rings. The van der Waals surface area contributed by atoms with E-state index in [1.54, 1.807) is 24.3 Å². The van der Waals surface area contributed by atoms with Crippen molar-refractivity contribution in [2.75, 3.05) is 25.5 Å². The lowest BCUT2D eigenvalue weighted by Gasteiger charge is -2.27. The lowest BCUT2D eigenvalue weighted by Crippen LogP contribution is -2.33. The molecule has 1 aromatic heterocycles. The van der Waals surface area contributed by atoms with Gasteiger partial charge in [-0.05, 0) is 69.6 Å². The molecule has 3 rings (SSSR count). The number of amides is 1. The van der Waals surface area contributed by atoms with E-state index in [4.69, 9.17) is 0 Å². The lowest BCUT2D eigenvalue weighted by atomic mass is 9.91. The van der Waals surface area contributed by atoms with Gasteiger partial charge in [0.2, 0.25) is 0 Å². The van der Waals surface area contributed by atoms with Crippen LogP contribution in [0, 0.1) is 5.92 Å². The minimum absolute atomic E-state index is 0.00321. The molecule has 0 bridgehead atoms. The first-order valence-corrected chi connectivity index (χ1v) is 10.4. The number of anilines is 1. The van der Waals surface area contributed by atoms with Gasteiger partial charge in [-0.15, -0.1) is 6.58 Å². The Balaban J connectivity index is 1.76. The predicted molar refractivity (Wildman–Crippen MR) is 121 cm³/mol. The zero-order valence-corrected chi connectivity index (χ0v) is 17.7. The molecule has 1 N–H and O–H groups in total. The fourth-order valence-electron chi connectivity index (χ4n) is 3.83. The third-order valence-electron chi connectivity index (χ3n) is 5.54. The van der Waals surface area contributed by atoms with Crippen LogP contribution >= 0.6 is 0 Å². The summed E-state index contributed by atoms with van der Waals surface area (Å²) in [5.74, 6) is 0.197. The number of allylic oxidation sites excluding steroid dienone is 2. The maximum absolute atomic E-state index is 13.0. The molecule has 0 atom stereocenters. The number of carbonyl (C=O) groups excluding carboxylic acids is 2. The molecule has 0 unspecified atom stereocenters. The Morgan fingerprint density at radius 3 is 2.60 bits per heavy atom. The molecule has 0 saturated carbocycles. The molecule has 0 aliphatic carbocycles. The molecule has 1 amide bonds. The van der Waals surface area contributed by atoms with Crippen LogP contribution in [0.4, 0.5) is 5.82 Å². The molecular weight excluding hydrogens is 374 g/mol. The van der Waals surface area contributed by atoms with E-state index in [2.05, 4.69) is 28.8 Å². The van der Waals surface area contributed by atoms with E-state index in [1.165, 1.54) is 0 Å². The zero-order valence-electron chi connectivity index (χ0n) is 17.7. The largest absolute Gasteiger partial charge is 0.307 e. The minimum Gasteiger partial charge on any atom is -0.307 e. The number of nitrogens with zero attached hydrogens (tertiary/aromatic N) is 2. The monoisotopic (exact) mass is 403 g/mol. The topological polar surface area (TPSA) is 62.3 Å². The Bertz CT molecular complexity index is 956. The predicted octanol–water partition coefficient (Wildman–Crippen LogP) is 4.38. The number of pyridine rings is 1. The van der Waals surface area contributed by atoms with Gasteiger partial charge in [-0.2, -0.15) is 0 Å². The van der Waals surface area contributed by atoms with Gasteiger partial charge in [0.15, 0.2) is 5.78 Å². The van der Waals surface area contributed by atoms with Crippen LogP contribution in [0.25, 0.3) is 5.57 Å². The van der Waals surface area contributed by atoms with Crippen LogP contribution in [0.15, 0.2) is 61.2 Å². The number of ketones is 1. The van der Waals surface area contributed by atoms with Gasteiger partial charge in [0, 0.05) is 11.5 Å². The van der Waals surface area contributed by atoms with E-state index in [0.29, 0.717) is 23.5 Å². The number of benzene rings is 1. The molecule has 0 radical (unpaired) electrons. The van der Waals surface area contributed by atoms with Crippen molar-refractivity contribution in [1.29, 1.82) is 0 Å². The number of piperidine rings is 1. The molecule has 5 heteroatoms. The Morgan fingerprint density at radius 1 is 1.17 bits per heavy atom. The van der Waals surface area contributed by atoms with Gasteiger partial charge in [0.25, 0.3) is 5.91 Å². The normalized spacial score (nSPS) is 15.6. The summed E-state index contributed by atoms with van der Waals surface area (Å²) >= 11 is 0. The second-order valence-corrected chi connectivity index (χ2v) is 7.66. The molecular formula is C25H29N3O2. The van der Waals surface area contributed by atoms with E-state index < -0.39 is 0 Å². The van der Waals surface area contributed by atoms with Crippen LogP contribution in [-0.2, 0) is 11.2 Å². The minimum atomic E-state index is -0.245. The number of carbonyl (C=O) groups is 2. The highest BCUT2D eigenvalue weighted by atomic mass is 16.2. The third kappa shape index (κ3) is 5.10. The quantitative estimate of drug-likeness (QED) is 0.423. The van der Waals surface area contributed by atoms with E-state index in [-0.39, 0.29) is 17.6 Å². The maximum Gasteiger partial charge on any atom is 0.257 e. The lowest BCUT2D eigenvalue weighted by molar-refractivity contribution is -0.111. The van der Waals surface area contributed by atoms with E-state index >= 15 is 0 Å². The van der Waals surface area contributed by atoms with Gasteiger partial charge in [-0.1, -0.05) is 42.5 Å². The van der Waals surface area contributed by atoms with Crippen molar-refractivity contribution in [3.05, 3.63) is 78.0 Å². The molecule has 156 valence electrons. The molecule has 1 aliphatic rings. The summed E-state index contributed by atoms with van der Waals surface area (Å²) in [5.41, 5.74) is 2.89. The standard InChI is InChI=1S/C25H29N3O2/c1-4-9-18-10-6-7-11-21(18)20(5-2)25(30)27-23-13-8-12-22(26-23)24(29)19-14-16-28(3)17-15-19/h4-8,10-13,19H,1,9,14-17H2,2-3H3,(H,26,27,30)/b20-5+. The van der Waals surface area contributed by atoms with Crippen LogP contribution in [0.1, 0.15) is 41.4 Å². The maximum atomic E-state index is 13.0. The van der Waals surface area contributed by atoms with Crippen molar-refractivity contribution in [2.45, 2.75) is 26.2 Å². The Labute approximate surface area is 178 Å². The molecule has 2 heterocycles. The summed E-state index contributed by atoms with van der Waals surface area (Å²) < 4.78 is 0. The van der Waals surface area contributed by atoms with Crippen molar-refractivity contribution >= 4 is 23.1 Å². The number of hydrogen-bond acceptors (Lipinski definition) is 4. The Morgan fingerprint density at radius 2 is 1.90 bits per heavy atom. The second-order valence-electron chi connectivity index (χ2n) is 7.66. The van der Waals surface area contributed by atoms with Crippen LogP contribution in [0.5, 0.6) is 0 Å². The van der Waals surface area contributed by atoms with Gasteiger partial charge in [-0.25, -0.2) is 4.98 Å². The van der Waals surface area contributed by atoms with Gasteiger partial charge in [-0.3, -0.25) is 9.59 Å².